The Hall–Kier alpha value is -2.82. The van der Waals surface area contributed by atoms with E-state index < -0.39 is 24.3 Å². The summed E-state index contributed by atoms with van der Waals surface area (Å²) in [5, 5.41) is 10.4. The van der Waals surface area contributed by atoms with Gasteiger partial charge >= 0.3 is 12.1 Å². The minimum Gasteiger partial charge on any atom is -0.479 e. The van der Waals surface area contributed by atoms with E-state index in [4.69, 9.17) is 9.94 Å². The largest absolute Gasteiger partial charge is 0.479 e. The summed E-state index contributed by atoms with van der Waals surface area (Å²) in [7, 11) is 0. The van der Waals surface area contributed by atoms with Crippen molar-refractivity contribution < 1.29 is 27.9 Å². The Morgan fingerprint density at radius 3 is 1.92 bits per heavy atom. The highest BCUT2D eigenvalue weighted by Crippen LogP contribution is 2.29. The number of aliphatic carboxylic acids is 1. The lowest BCUT2D eigenvalue weighted by molar-refractivity contribution is -0.190. The number of benzene rings is 2. The SMILES string of the molecule is CCCCCCCCCCC#Cc1ccc(CN(Cc2ccc(C(F)(F)F)cc2)OCC(=O)O)cc1. The Kier molecular flexibility index (Phi) is 13.1. The van der Waals surface area contributed by atoms with Gasteiger partial charge in [0.15, 0.2) is 6.61 Å². The normalized spacial score (nSPS) is 11.4. The number of rotatable bonds is 15. The van der Waals surface area contributed by atoms with Gasteiger partial charge in [0.1, 0.15) is 0 Å². The maximum Gasteiger partial charge on any atom is 0.416 e. The Morgan fingerprint density at radius 1 is 0.861 bits per heavy atom. The summed E-state index contributed by atoms with van der Waals surface area (Å²) >= 11 is 0. The molecule has 4 nitrogen and oxygen atoms in total. The van der Waals surface area contributed by atoms with E-state index in [2.05, 4.69) is 18.8 Å². The molecule has 0 aromatic heterocycles. The van der Waals surface area contributed by atoms with Crippen LogP contribution in [-0.4, -0.2) is 22.7 Å². The average molecular weight is 504 g/mol. The van der Waals surface area contributed by atoms with Gasteiger partial charge in [0.2, 0.25) is 0 Å². The minimum atomic E-state index is -4.41. The van der Waals surface area contributed by atoms with Crippen molar-refractivity contribution in [3.8, 4) is 11.8 Å². The van der Waals surface area contributed by atoms with Crippen molar-refractivity contribution in [3.63, 3.8) is 0 Å². The molecule has 0 saturated carbocycles. The van der Waals surface area contributed by atoms with Crippen molar-refractivity contribution in [2.75, 3.05) is 6.61 Å². The standard InChI is InChI=1S/C29H36F3NO3/c1-2-3-4-5-6-7-8-9-10-11-12-24-13-15-25(16-14-24)21-33(36-23-28(34)35)22-26-17-19-27(20-18-26)29(30,31)32/h13-20H,2-10,21-23H2,1H3,(H,34,35). The molecule has 0 saturated heterocycles. The Labute approximate surface area is 212 Å². The van der Waals surface area contributed by atoms with E-state index in [-0.39, 0.29) is 13.1 Å². The molecule has 2 aromatic rings. The molecule has 0 radical (unpaired) electrons. The molecule has 0 atom stereocenters. The third kappa shape index (κ3) is 12.2. The first kappa shape index (κ1) is 29.4. The van der Waals surface area contributed by atoms with Gasteiger partial charge in [0.25, 0.3) is 0 Å². The zero-order chi connectivity index (χ0) is 26.2. The van der Waals surface area contributed by atoms with Gasteiger partial charge in [-0.3, -0.25) is 4.84 Å². The fourth-order valence-corrected chi connectivity index (χ4v) is 3.71. The highest BCUT2D eigenvalue weighted by atomic mass is 19.4. The molecule has 0 heterocycles. The van der Waals surface area contributed by atoms with Crippen LogP contribution in [0.5, 0.6) is 0 Å². The van der Waals surface area contributed by atoms with E-state index in [0.29, 0.717) is 5.56 Å². The lowest BCUT2D eigenvalue weighted by atomic mass is 10.1. The second-order valence-corrected chi connectivity index (χ2v) is 8.88. The van der Waals surface area contributed by atoms with Crippen molar-refractivity contribution in [3.05, 3.63) is 70.8 Å². The van der Waals surface area contributed by atoms with Crippen LogP contribution in [0.4, 0.5) is 13.2 Å². The number of hydrogen-bond donors (Lipinski definition) is 1. The first-order valence-corrected chi connectivity index (χ1v) is 12.6. The van der Waals surface area contributed by atoms with Crippen molar-refractivity contribution in [1.82, 2.24) is 5.06 Å². The number of carboxylic acid groups (broad SMARTS) is 1. The topological polar surface area (TPSA) is 49.8 Å². The molecule has 0 aliphatic rings. The summed E-state index contributed by atoms with van der Waals surface area (Å²) in [4.78, 5) is 16.3. The predicted octanol–water partition coefficient (Wildman–Crippen LogP) is 7.61. The molecule has 36 heavy (non-hydrogen) atoms. The van der Waals surface area contributed by atoms with E-state index in [1.165, 1.54) is 62.1 Å². The van der Waals surface area contributed by atoms with Crippen LogP contribution in [0.1, 0.15) is 87.0 Å². The molecule has 2 aromatic carbocycles. The van der Waals surface area contributed by atoms with Crippen LogP contribution in [0, 0.1) is 11.8 Å². The van der Waals surface area contributed by atoms with E-state index >= 15 is 0 Å². The molecule has 2 rings (SSSR count). The van der Waals surface area contributed by atoms with Gasteiger partial charge < -0.3 is 5.11 Å². The van der Waals surface area contributed by atoms with Gasteiger partial charge in [-0.2, -0.15) is 18.2 Å². The summed E-state index contributed by atoms with van der Waals surface area (Å²) < 4.78 is 38.4. The summed E-state index contributed by atoms with van der Waals surface area (Å²) in [6.45, 7) is 2.11. The number of hydrogen-bond acceptors (Lipinski definition) is 3. The maximum absolute atomic E-state index is 12.8. The number of nitrogens with zero attached hydrogens (tertiary/aromatic N) is 1. The van der Waals surface area contributed by atoms with Crippen molar-refractivity contribution in [2.24, 2.45) is 0 Å². The molecule has 0 aliphatic carbocycles. The van der Waals surface area contributed by atoms with Crippen LogP contribution in [-0.2, 0) is 28.9 Å². The fraction of sp³-hybridized carbons (Fsp3) is 0.483. The van der Waals surface area contributed by atoms with Crippen molar-refractivity contribution in [2.45, 2.75) is 84.0 Å². The Morgan fingerprint density at radius 2 is 1.39 bits per heavy atom. The van der Waals surface area contributed by atoms with Crippen molar-refractivity contribution in [1.29, 1.82) is 0 Å². The zero-order valence-corrected chi connectivity index (χ0v) is 20.9. The van der Waals surface area contributed by atoms with Crippen LogP contribution in [0.15, 0.2) is 48.5 Å². The van der Waals surface area contributed by atoms with Crippen LogP contribution in [0.3, 0.4) is 0 Å². The van der Waals surface area contributed by atoms with Crippen LogP contribution >= 0.6 is 0 Å². The monoisotopic (exact) mass is 503 g/mol. The van der Waals surface area contributed by atoms with E-state index in [1.807, 2.05) is 24.3 Å². The summed E-state index contributed by atoms with van der Waals surface area (Å²) in [6.07, 6.45) is 6.64. The molecule has 196 valence electrons. The number of halogens is 3. The molecule has 1 N–H and O–H groups in total. The Bertz CT molecular complexity index is 960. The minimum absolute atomic E-state index is 0.144. The molecule has 7 heteroatoms. The van der Waals surface area contributed by atoms with Gasteiger partial charge in [-0.15, -0.1) is 0 Å². The number of unbranched alkanes of at least 4 members (excludes halogenated alkanes) is 8. The first-order valence-electron chi connectivity index (χ1n) is 12.6. The molecule has 0 bridgehead atoms. The second kappa shape index (κ2) is 16.0. The van der Waals surface area contributed by atoms with Gasteiger partial charge in [-0.1, -0.05) is 88.0 Å². The van der Waals surface area contributed by atoms with E-state index in [9.17, 15) is 18.0 Å². The zero-order valence-electron chi connectivity index (χ0n) is 20.9. The summed E-state index contributed by atoms with van der Waals surface area (Å²) in [5.41, 5.74) is 1.63. The van der Waals surface area contributed by atoms with E-state index in [0.717, 1.165) is 36.1 Å². The van der Waals surface area contributed by atoms with Gasteiger partial charge in [0, 0.05) is 25.1 Å². The lowest BCUT2D eigenvalue weighted by Crippen LogP contribution is -2.26. The van der Waals surface area contributed by atoms with Crippen LogP contribution in [0.25, 0.3) is 0 Å². The number of alkyl halides is 3. The number of carboxylic acids is 1. The smallest absolute Gasteiger partial charge is 0.416 e. The molecular formula is C29H36F3NO3. The molecule has 0 fully saturated rings. The molecular weight excluding hydrogens is 467 g/mol. The number of carbonyl (C=O) groups is 1. The molecule has 0 spiro atoms. The third-order valence-electron chi connectivity index (χ3n) is 5.71. The van der Waals surface area contributed by atoms with Gasteiger partial charge in [-0.05, 0) is 41.8 Å². The highest BCUT2D eigenvalue weighted by Gasteiger charge is 2.30. The van der Waals surface area contributed by atoms with Crippen LogP contribution in [0.2, 0.25) is 0 Å². The molecule has 0 amide bonds. The highest BCUT2D eigenvalue weighted by molar-refractivity contribution is 5.67. The summed E-state index contributed by atoms with van der Waals surface area (Å²) in [6, 6.07) is 12.3. The van der Waals surface area contributed by atoms with E-state index in [1.54, 1.807) is 0 Å². The Balaban J connectivity index is 1.84. The average Bonchev–Trinajstić information content (AvgIpc) is 2.84. The second-order valence-electron chi connectivity index (χ2n) is 8.88. The van der Waals surface area contributed by atoms with Crippen molar-refractivity contribution >= 4 is 5.97 Å². The third-order valence-corrected chi connectivity index (χ3v) is 5.71. The quantitative estimate of drug-likeness (QED) is 0.154. The lowest BCUT2D eigenvalue weighted by Gasteiger charge is -2.21. The first-order chi connectivity index (χ1) is 17.3. The van der Waals surface area contributed by atoms with Gasteiger partial charge in [0.05, 0.1) is 5.56 Å². The predicted molar refractivity (Wildman–Crippen MR) is 135 cm³/mol. The van der Waals surface area contributed by atoms with Crippen LogP contribution < -0.4 is 0 Å². The molecule has 0 aliphatic heterocycles. The van der Waals surface area contributed by atoms with Gasteiger partial charge in [-0.25, -0.2) is 4.79 Å². The molecule has 0 unspecified atom stereocenters. The summed E-state index contributed by atoms with van der Waals surface area (Å²) in [5.74, 6) is 5.27. The maximum atomic E-state index is 12.8. The fourth-order valence-electron chi connectivity index (χ4n) is 3.71. The number of hydroxylamine groups is 2.